The smallest absolute Gasteiger partial charge is 0.305 e. The maximum Gasteiger partial charge on any atom is 0.305 e. The zero-order valence-electron chi connectivity index (χ0n) is 12.3. The first-order valence-electron chi connectivity index (χ1n) is 6.72. The second kappa shape index (κ2) is 9.35. The van der Waals surface area contributed by atoms with Gasteiger partial charge < -0.3 is 20.4 Å². The van der Waals surface area contributed by atoms with Gasteiger partial charge in [-0.25, -0.2) is 0 Å². The topological polar surface area (TPSA) is 112 Å². The van der Waals surface area contributed by atoms with Crippen molar-refractivity contribution in [3.8, 4) is 0 Å². The fourth-order valence-corrected chi connectivity index (χ4v) is 2.28. The molecule has 0 atom stereocenters. The molecule has 3 N–H and O–H groups in total. The van der Waals surface area contributed by atoms with Gasteiger partial charge in [-0.15, -0.1) is 10.2 Å². The fourth-order valence-electron chi connectivity index (χ4n) is 1.52. The lowest BCUT2D eigenvalue weighted by Crippen LogP contribution is -2.26. The van der Waals surface area contributed by atoms with E-state index < -0.39 is 0 Å². The third-order valence-corrected chi connectivity index (χ3v) is 3.65. The molecule has 0 aromatic carbocycles. The molecule has 0 saturated heterocycles. The molecule has 1 rings (SSSR count). The van der Waals surface area contributed by atoms with Crippen LogP contribution in [0.2, 0.25) is 0 Å². The summed E-state index contributed by atoms with van der Waals surface area (Å²) in [6, 6.07) is 0. The standard InChI is InChI=1S/C12H21N5O3S/c1-3-20-11(19)5-4-6-14-10(18)8-21-12-16-15-9(7-13)17(12)2/h3-8,13H2,1-2H3,(H,14,18). The molecule has 0 fully saturated rings. The van der Waals surface area contributed by atoms with Crippen molar-refractivity contribution in [2.75, 3.05) is 18.9 Å². The Morgan fingerprint density at radius 1 is 1.43 bits per heavy atom. The minimum absolute atomic E-state index is 0.110. The van der Waals surface area contributed by atoms with Gasteiger partial charge in [-0.1, -0.05) is 11.8 Å². The predicted molar refractivity (Wildman–Crippen MR) is 78.5 cm³/mol. The molecular weight excluding hydrogens is 294 g/mol. The molecule has 0 saturated carbocycles. The van der Waals surface area contributed by atoms with Crippen LogP contribution >= 0.6 is 11.8 Å². The lowest BCUT2D eigenvalue weighted by Gasteiger charge is -2.05. The van der Waals surface area contributed by atoms with Gasteiger partial charge in [-0.3, -0.25) is 9.59 Å². The summed E-state index contributed by atoms with van der Waals surface area (Å²) < 4.78 is 6.56. The summed E-state index contributed by atoms with van der Waals surface area (Å²) in [5.41, 5.74) is 5.50. The molecule has 0 aliphatic carbocycles. The predicted octanol–water partition coefficient (Wildman–Crippen LogP) is -0.175. The second-order valence-electron chi connectivity index (χ2n) is 4.21. The first-order chi connectivity index (χ1) is 10.1. The normalized spacial score (nSPS) is 10.4. The van der Waals surface area contributed by atoms with Crippen molar-refractivity contribution >= 4 is 23.6 Å². The third kappa shape index (κ3) is 6.13. The van der Waals surface area contributed by atoms with Crippen LogP contribution in [0.15, 0.2) is 5.16 Å². The summed E-state index contributed by atoms with van der Waals surface area (Å²) in [5, 5.41) is 11.3. The number of aromatic nitrogens is 3. The molecule has 9 heteroatoms. The van der Waals surface area contributed by atoms with Crippen molar-refractivity contribution in [1.82, 2.24) is 20.1 Å². The molecule has 1 aromatic rings. The minimum Gasteiger partial charge on any atom is -0.466 e. The van der Waals surface area contributed by atoms with Gasteiger partial charge in [0.1, 0.15) is 5.82 Å². The maximum atomic E-state index is 11.6. The highest BCUT2D eigenvalue weighted by atomic mass is 32.2. The van der Waals surface area contributed by atoms with E-state index in [1.54, 1.807) is 11.5 Å². The Kier molecular flexibility index (Phi) is 7.76. The van der Waals surface area contributed by atoms with E-state index in [0.29, 0.717) is 43.5 Å². The van der Waals surface area contributed by atoms with E-state index >= 15 is 0 Å². The third-order valence-electron chi connectivity index (χ3n) is 2.63. The van der Waals surface area contributed by atoms with E-state index in [4.69, 9.17) is 10.5 Å². The molecule has 0 aliphatic rings. The maximum absolute atomic E-state index is 11.6. The van der Waals surface area contributed by atoms with Gasteiger partial charge in [0, 0.05) is 20.0 Å². The molecule has 21 heavy (non-hydrogen) atoms. The lowest BCUT2D eigenvalue weighted by molar-refractivity contribution is -0.143. The van der Waals surface area contributed by atoms with Gasteiger partial charge in [-0.2, -0.15) is 0 Å². The van der Waals surface area contributed by atoms with Gasteiger partial charge in [0.05, 0.1) is 18.9 Å². The summed E-state index contributed by atoms with van der Waals surface area (Å²) in [7, 11) is 1.81. The molecule has 0 aliphatic heterocycles. The van der Waals surface area contributed by atoms with Crippen LogP contribution in [-0.2, 0) is 27.9 Å². The van der Waals surface area contributed by atoms with Crippen molar-refractivity contribution in [2.45, 2.75) is 31.5 Å². The van der Waals surface area contributed by atoms with Crippen LogP contribution in [0, 0.1) is 0 Å². The Morgan fingerprint density at radius 2 is 2.19 bits per heavy atom. The molecule has 1 aromatic heterocycles. The summed E-state index contributed by atoms with van der Waals surface area (Å²) in [4.78, 5) is 22.7. The SMILES string of the molecule is CCOC(=O)CCCNC(=O)CSc1nnc(CN)n1C. The monoisotopic (exact) mass is 315 g/mol. The summed E-state index contributed by atoms with van der Waals surface area (Å²) >= 11 is 1.29. The molecule has 0 unspecified atom stereocenters. The minimum atomic E-state index is -0.241. The van der Waals surface area contributed by atoms with E-state index in [1.807, 2.05) is 7.05 Å². The number of rotatable bonds is 9. The Labute approximate surface area is 127 Å². The van der Waals surface area contributed by atoms with E-state index in [-0.39, 0.29) is 17.6 Å². The van der Waals surface area contributed by atoms with Crippen LogP contribution < -0.4 is 11.1 Å². The van der Waals surface area contributed by atoms with Gasteiger partial charge in [0.25, 0.3) is 0 Å². The first-order valence-corrected chi connectivity index (χ1v) is 7.70. The first kappa shape index (κ1) is 17.4. The van der Waals surface area contributed by atoms with Crippen molar-refractivity contribution < 1.29 is 14.3 Å². The lowest BCUT2D eigenvalue weighted by atomic mass is 10.3. The number of hydrogen-bond donors (Lipinski definition) is 2. The summed E-state index contributed by atoms with van der Waals surface area (Å²) in [6.45, 7) is 2.90. The molecule has 0 radical (unpaired) electrons. The highest BCUT2D eigenvalue weighted by Gasteiger charge is 2.10. The molecule has 118 valence electrons. The molecule has 8 nitrogen and oxygen atoms in total. The second-order valence-corrected chi connectivity index (χ2v) is 5.15. The molecule has 1 amide bonds. The molecule has 0 spiro atoms. The van der Waals surface area contributed by atoms with Crippen LogP contribution in [0.5, 0.6) is 0 Å². The Hall–Kier alpha value is -1.61. The number of thioether (sulfide) groups is 1. The van der Waals surface area contributed by atoms with Gasteiger partial charge in [0.2, 0.25) is 5.91 Å². The number of esters is 1. The van der Waals surface area contributed by atoms with Crippen molar-refractivity contribution in [3.05, 3.63) is 5.82 Å². The highest BCUT2D eigenvalue weighted by molar-refractivity contribution is 7.99. The number of carbonyl (C=O) groups is 2. The van der Waals surface area contributed by atoms with Crippen LogP contribution in [0.1, 0.15) is 25.6 Å². The quantitative estimate of drug-likeness (QED) is 0.369. The van der Waals surface area contributed by atoms with Crippen LogP contribution in [0.3, 0.4) is 0 Å². The van der Waals surface area contributed by atoms with Crippen LogP contribution in [-0.4, -0.2) is 45.5 Å². The Bertz CT molecular complexity index is 477. The van der Waals surface area contributed by atoms with Crippen LogP contribution in [0.4, 0.5) is 0 Å². The Morgan fingerprint density at radius 3 is 2.81 bits per heavy atom. The summed E-state index contributed by atoms with van der Waals surface area (Å²) in [6.07, 6.45) is 0.876. The molecule has 0 bridgehead atoms. The van der Waals surface area contributed by atoms with Crippen molar-refractivity contribution in [2.24, 2.45) is 12.8 Å². The zero-order valence-corrected chi connectivity index (χ0v) is 13.1. The average Bonchev–Trinajstić information content (AvgIpc) is 2.82. The van der Waals surface area contributed by atoms with E-state index in [9.17, 15) is 9.59 Å². The van der Waals surface area contributed by atoms with Crippen molar-refractivity contribution in [3.63, 3.8) is 0 Å². The zero-order chi connectivity index (χ0) is 15.7. The number of carbonyl (C=O) groups excluding carboxylic acids is 2. The van der Waals surface area contributed by atoms with Gasteiger partial charge in [0.15, 0.2) is 5.16 Å². The number of nitrogens with one attached hydrogen (secondary N) is 1. The molecule has 1 heterocycles. The number of ether oxygens (including phenoxy) is 1. The summed E-state index contributed by atoms with van der Waals surface area (Å²) in [5.74, 6) is 0.568. The average molecular weight is 315 g/mol. The molecular formula is C12H21N5O3S. The van der Waals surface area contributed by atoms with Crippen LogP contribution in [0.25, 0.3) is 0 Å². The number of nitrogens with zero attached hydrogens (tertiary/aromatic N) is 3. The van der Waals surface area contributed by atoms with Gasteiger partial charge in [-0.05, 0) is 13.3 Å². The van der Waals surface area contributed by atoms with E-state index in [1.165, 1.54) is 11.8 Å². The fraction of sp³-hybridized carbons (Fsp3) is 0.667. The number of amides is 1. The Balaban J connectivity index is 2.19. The van der Waals surface area contributed by atoms with E-state index in [2.05, 4.69) is 15.5 Å². The number of nitrogens with two attached hydrogens (primary N) is 1. The number of hydrogen-bond acceptors (Lipinski definition) is 7. The highest BCUT2D eigenvalue weighted by Crippen LogP contribution is 2.14. The van der Waals surface area contributed by atoms with Gasteiger partial charge >= 0.3 is 5.97 Å². The largest absolute Gasteiger partial charge is 0.466 e. The van der Waals surface area contributed by atoms with E-state index in [0.717, 1.165) is 0 Å². The van der Waals surface area contributed by atoms with Crippen molar-refractivity contribution in [1.29, 1.82) is 0 Å².